The predicted octanol–water partition coefficient (Wildman–Crippen LogP) is 4.51. The first-order valence-electron chi connectivity index (χ1n) is 10.5. The van der Waals surface area contributed by atoms with Gasteiger partial charge in [0.25, 0.3) is 5.91 Å². The van der Waals surface area contributed by atoms with E-state index in [4.69, 9.17) is 17.3 Å². The molecule has 1 heterocycles. The molecule has 1 aliphatic carbocycles. The lowest BCUT2D eigenvalue weighted by Crippen LogP contribution is -2.29. The number of aliphatic hydroxyl groups is 1. The number of halogens is 1. The average molecular weight is 452 g/mol. The molecule has 4 rings (SSSR count). The van der Waals surface area contributed by atoms with Gasteiger partial charge in [-0.1, -0.05) is 37.2 Å². The molecule has 7 heteroatoms. The van der Waals surface area contributed by atoms with Crippen molar-refractivity contribution in [2.24, 2.45) is 11.1 Å². The zero-order valence-electron chi connectivity index (χ0n) is 18.1. The third kappa shape index (κ3) is 3.59. The van der Waals surface area contributed by atoms with E-state index < -0.39 is 5.91 Å². The van der Waals surface area contributed by atoms with Gasteiger partial charge in [-0.15, -0.1) is 0 Å². The van der Waals surface area contributed by atoms with Crippen LogP contribution in [0.25, 0.3) is 22.0 Å². The van der Waals surface area contributed by atoms with Crippen molar-refractivity contribution < 1.29 is 14.7 Å². The van der Waals surface area contributed by atoms with Crippen molar-refractivity contribution in [3.63, 3.8) is 0 Å². The molecular weight excluding hydrogens is 426 g/mol. The van der Waals surface area contributed by atoms with E-state index >= 15 is 0 Å². The number of anilines is 1. The Hall–Kier alpha value is -3.09. The molecule has 1 aromatic heterocycles. The van der Waals surface area contributed by atoms with Gasteiger partial charge in [-0.25, -0.2) is 0 Å². The van der Waals surface area contributed by atoms with Crippen LogP contribution in [0.5, 0.6) is 0 Å². The zero-order chi connectivity index (χ0) is 23.2. The van der Waals surface area contributed by atoms with Crippen LogP contribution >= 0.6 is 11.6 Å². The number of aromatic nitrogens is 1. The van der Waals surface area contributed by atoms with Gasteiger partial charge in [-0.3, -0.25) is 9.59 Å². The van der Waals surface area contributed by atoms with Gasteiger partial charge in [0, 0.05) is 34.0 Å². The summed E-state index contributed by atoms with van der Waals surface area (Å²) in [6.45, 7) is 7.57. The summed E-state index contributed by atoms with van der Waals surface area (Å²) in [5.74, 6) is -0.858. The van der Waals surface area contributed by atoms with Crippen LogP contribution in [0.1, 0.15) is 40.5 Å². The van der Waals surface area contributed by atoms with Gasteiger partial charge in [-0.2, -0.15) is 0 Å². The maximum Gasteiger partial charge on any atom is 0.250 e. The minimum atomic E-state index is -0.560. The largest absolute Gasteiger partial charge is 0.396 e. The van der Waals surface area contributed by atoms with Crippen molar-refractivity contribution in [3.05, 3.63) is 64.3 Å². The van der Waals surface area contributed by atoms with Crippen LogP contribution in [-0.4, -0.2) is 28.5 Å². The molecule has 0 fully saturated rings. The van der Waals surface area contributed by atoms with E-state index in [9.17, 15) is 14.7 Å². The molecule has 6 nitrogen and oxygen atoms in total. The number of amides is 2. The first-order valence-corrected chi connectivity index (χ1v) is 10.9. The van der Waals surface area contributed by atoms with Crippen LogP contribution < -0.4 is 11.1 Å². The second kappa shape index (κ2) is 8.11. The minimum Gasteiger partial charge on any atom is -0.396 e. The number of aromatic amines is 1. The smallest absolute Gasteiger partial charge is 0.250 e. The topological polar surface area (TPSA) is 108 Å². The molecule has 5 N–H and O–H groups in total. The zero-order valence-corrected chi connectivity index (χ0v) is 18.9. The number of nitrogens with two attached hydrogens (primary N) is 1. The maximum absolute atomic E-state index is 12.2. The number of benzene rings is 2. The standard InChI is InChI=1S/C25H26ClN3O3/c1-4-20(31)28-18-7-5-6-14(13(18)2)21-17(26)10-16(24(27)32)23-22(21)15-8-9-25(3,12-30)11-19(15)29-23/h4-7,10,29-30H,1,8-9,11-12H2,2-3H3,(H2,27,32)(H,28,31). The summed E-state index contributed by atoms with van der Waals surface area (Å²) < 4.78 is 0. The van der Waals surface area contributed by atoms with Crippen molar-refractivity contribution in [3.8, 4) is 11.1 Å². The highest BCUT2D eigenvalue weighted by molar-refractivity contribution is 6.36. The number of rotatable bonds is 5. The number of primary amides is 1. The molecule has 3 aromatic rings. The van der Waals surface area contributed by atoms with Crippen molar-refractivity contribution in [1.29, 1.82) is 0 Å². The summed E-state index contributed by atoms with van der Waals surface area (Å²) in [5, 5.41) is 14.0. The first-order chi connectivity index (χ1) is 15.2. The van der Waals surface area contributed by atoms with Crippen LogP contribution in [0.15, 0.2) is 36.9 Å². The summed E-state index contributed by atoms with van der Waals surface area (Å²) in [6.07, 6.45) is 3.44. The lowest BCUT2D eigenvalue weighted by atomic mass is 9.75. The van der Waals surface area contributed by atoms with E-state index in [1.54, 1.807) is 6.07 Å². The Kier molecular flexibility index (Phi) is 5.61. The van der Waals surface area contributed by atoms with Crippen molar-refractivity contribution in [2.75, 3.05) is 11.9 Å². The first kappa shape index (κ1) is 22.1. The second-order valence-corrected chi connectivity index (χ2v) is 9.20. The van der Waals surface area contributed by atoms with Crippen LogP contribution in [0.2, 0.25) is 5.02 Å². The molecule has 0 bridgehead atoms. The number of carbonyl (C=O) groups is 2. The quantitative estimate of drug-likeness (QED) is 0.428. The van der Waals surface area contributed by atoms with E-state index in [0.717, 1.165) is 46.2 Å². The van der Waals surface area contributed by atoms with E-state index in [-0.39, 0.29) is 17.9 Å². The van der Waals surface area contributed by atoms with Crippen LogP contribution in [0.4, 0.5) is 5.69 Å². The molecule has 0 spiro atoms. The Morgan fingerprint density at radius 1 is 1.41 bits per heavy atom. The molecule has 32 heavy (non-hydrogen) atoms. The molecular formula is C25H26ClN3O3. The summed E-state index contributed by atoms with van der Waals surface area (Å²) in [7, 11) is 0. The van der Waals surface area contributed by atoms with Crippen LogP contribution in [-0.2, 0) is 17.6 Å². The van der Waals surface area contributed by atoms with E-state index in [2.05, 4.69) is 23.8 Å². The molecule has 2 amide bonds. The maximum atomic E-state index is 12.2. The van der Waals surface area contributed by atoms with Gasteiger partial charge in [0.2, 0.25) is 5.91 Å². The molecule has 1 aliphatic rings. The highest BCUT2D eigenvalue weighted by Gasteiger charge is 2.33. The lowest BCUT2D eigenvalue weighted by molar-refractivity contribution is -0.111. The molecule has 2 aromatic carbocycles. The second-order valence-electron chi connectivity index (χ2n) is 8.79. The predicted molar refractivity (Wildman–Crippen MR) is 128 cm³/mol. The van der Waals surface area contributed by atoms with E-state index in [0.29, 0.717) is 28.2 Å². The summed E-state index contributed by atoms with van der Waals surface area (Å²) in [4.78, 5) is 27.5. The molecule has 1 unspecified atom stereocenters. The van der Waals surface area contributed by atoms with Crippen molar-refractivity contribution >= 4 is 40.0 Å². The van der Waals surface area contributed by atoms with Gasteiger partial charge < -0.3 is 21.1 Å². The van der Waals surface area contributed by atoms with Crippen LogP contribution in [0, 0.1) is 12.3 Å². The number of hydrogen-bond acceptors (Lipinski definition) is 3. The number of aliphatic hydroxyl groups excluding tert-OH is 1. The third-order valence-corrected chi connectivity index (χ3v) is 6.79. The monoisotopic (exact) mass is 451 g/mol. The Bertz CT molecular complexity index is 1280. The molecule has 0 radical (unpaired) electrons. The summed E-state index contributed by atoms with van der Waals surface area (Å²) in [6, 6.07) is 7.22. The third-order valence-electron chi connectivity index (χ3n) is 6.50. The Morgan fingerprint density at radius 3 is 2.81 bits per heavy atom. The highest BCUT2D eigenvalue weighted by atomic mass is 35.5. The van der Waals surface area contributed by atoms with Gasteiger partial charge in [-0.05, 0) is 66.5 Å². The van der Waals surface area contributed by atoms with Crippen molar-refractivity contribution in [2.45, 2.75) is 33.1 Å². The number of H-pyrrole nitrogens is 1. The number of nitrogens with one attached hydrogen (secondary N) is 2. The van der Waals surface area contributed by atoms with Gasteiger partial charge in [0.1, 0.15) is 0 Å². The fourth-order valence-electron chi connectivity index (χ4n) is 4.65. The molecule has 166 valence electrons. The number of carbonyl (C=O) groups excluding carboxylic acids is 2. The molecule has 1 atom stereocenters. The molecule has 0 aliphatic heterocycles. The molecule has 0 saturated carbocycles. The van der Waals surface area contributed by atoms with Gasteiger partial charge in [0.15, 0.2) is 0 Å². The van der Waals surface area contributed by atoms with Crippen molar-refractivity contribution in [1.82, 2.24) is 4.98 Å². The minimum absolute atomic E-state index is 0.0856. The Balaban J connectivity index is 2.02. The number of hydrogen-bond donors (Lipinski definition) is 4. The average Bonchev–Trinajstić information content (AvgIpc) is 3.12. The van der Waals surface area contributed by atoms with E-state index in [1.807, 2.05) is 25.1 Å². The Labute approximate surface area is 191 Å². The molecule has 0 saturated heterocycles. The number of fused-ring (bicyclic) bond motifs is 3. The van der Waals surface area contributed by atoms with Gasteiger partial charge in [0.05, 0.1) is 11.1 Å². The Morgan fingerprint density at radius 2 is 2.16 bits per heavy atom. The highest BCUT2D eigenvalue weighted by Crippen LogP contribution is 2.46. The normalized spacial score (nSPS) is 17.8. The number of aryl methyl sites for hydroxylation is 1. The fourth-order valence-corrected chi connectivity index (χ4v) is 4.95. The summed E-state index contributed by atoms with van der Waals surface area (Å²) in [5.41, 5.74) is 11.7. The van der Waals surface area contributed by atoms with Gasteiger partial charge >= 0.3 is 0 Å². The lowest BCUT2D eigenvalue weighted by Gasteiger charge is -2.31. The summed E-state index contributed by atoms with van der Waals surface area (Å²) >= 11 is 6.76. The SMILES string of the molecule is C=CC(=O)Nc1cccc(-c2c(Cl)cc(C(N)=O)c3[nH]c4c(c23)CCC(C)(CO)C4)c1C. The van der Waals surface area contributed by atoms with Crippen LogP contribution in [0.3, 0.4) is 0 Å². The van der Waals surface area contributed by atoms with E-state index in [1.165, 1.54) is 6.08 Å². The fraction of sp³-hybridized carbons (Fsp3) is 0.280.